The highest BCUT2D eigenvalue weighted by Gasteiger charge is 2.42. The molecule has 2 aromatic heterocycles. The quantitative estimate of drug-likeness (QED) is 0.323. The fraction of sp³-hybridized carbons (Fsp3) is 0.533. The number of rotatable bonds is 8. The van der Waals surface area contributed by atoms with Crippen LogP contribution >= 0.6 is 0 Å². The van der Waals surface area contributed by atoms with Crippen LogP contribution in [0.5, 0.6) is 0 Å². The van der Waals surface area contributed by atoms with Crippen LogP contribution in [0.1, 0.15) is 50.9 Å². The van der Waals surface area contributed by atoms with Crippen LogP contribution < -0.4 is 10.6 Å². The smallest absolute Gasteiger partial charge is 0.228 e. The predicted molar refractivity (Wildman–Crippen MR) is 160 cm³/mol. The number of aromatic nitrogens is 4. The summed E-state index contributed by atoms with van der Waals surface area (Å²) in [5, 5.41) is 21.7. The molecule has 1 unspecified atom stereocenters. The minimum Gasteiger partial charge on any atom is -0.416 e. The first-order valence-electron chi connectivity index (χ1n) is 14.1. The molecule has 3 aromatic rings. The van der Waals surface area contributed by atoms with E-state index in [1.165, 1.54) is 0 Å². The van der Waals surface area contributed by atoms with Crippen molar-refractivity contribution in [1.29, 1.82) is 5.26 Å². The van der Waals surface area contributed by atoms with E-state index in [-0.39, 0.29) is 10.5 Å². The van der Waals surface area contributed by atoms with Crippen molar-refractivity contribution in [2.75, 3.05) is 37.0 Å². The molecule has 0 radical (unpaired) electrons. The van der Waals surface area contributed by atoms with E-state index in [1.807, 2.05) is 29.8 Å². The molecule has 4 heterocycles. The van der Waals surface area contributed by atoms with Crippen LogP contribution in [-0.2, 0) is 21.1 Å². The summed E-state index contributed by atoms with van der Waals surface area (Å²) in [5.41, 5.74) is 4.93. The van der Waals surface area contributed by atoms with Crippen LogP contribution in [0.4, 0.5) is 17.5 Å². The monoisotopic (exact) mass is 559 g/mol. The Balaban J connectivity index is 1.42. The molecule has 2 N–H and O–H groups in total. The summed E-state index contributed by atoms with van der Waals surface area (Å²) in [6.45, 7) is 19.2. The van der Waals surface area contributed by atoms with E-state index in [4.69, 9.17) is 14.1 Å². The van der Waals surface area contributed by atoms with Crippen LogP contribution in [0.3, 0.4) is 0 Å². The van der Waals surface area contributed by atoms with Crippen molar-refractivity contribution in [2.45, 2.75) is 71.1 Å². The highest BCUT2D eigenvalue weighted by Crippen LogP contribution is 2.44. The van der Waals surface area contributed by atoms with Crippen molar-refractivity contribution in [3.63, 3.8) is 0 Å². The van der Waals surface area contributed by atoms with Gasteiger partial charge in [0.2, 0.25) is 5.95 Å². The zero-order valence-electron chi connectivity index (χ0n) is 24.8. The highest BCUT2D eigenvalue weighted by molar-refractivity contribution is 6.74. The standard InChI is InChI=1S/C30H41N7O2Si/c1-20-12-26(37(36-20)16-21-9-11-38-17-21)35-28-32-10-8-25(34-28)22-13-23(15-31)27-24(14-22)30(5,18-33-27)19-39-40(6,7)29(2,3)4/h8,10,12-14,21,33H,9,11,16-19H2,1-7H3,(H,32,34,35)/t21?,30-/m1/s1. The lowest BCUT2D eigenvalue weighted by molar-refractivity contribution is 0.181. The molecular weight excluding hydrogens is 518 g/mol. The number of aryl methyl sites for hydroxylation is 1. The molecule has 1 saturated heterocycles. The van der Waals surface area contributed by atoms with Gasteiger partial charge in [0, 0.05) is 55.5 Å². The van der Waals surface area contributed by atoms with Gasteiger partial charge in [-0.3, -0.25) is 0 Å². The van der Waals surface area contributed by atoms with E-state index in [2.05, 4.69) is 73.6 Å². The third kappa shape index (κ3) is 5.64. The first-order valence-corrected chi connectivity index (χ1v) is 17.0. The van der Waals surface area contributed by atoms with E-state index in [0.717, 1.165) is 66.7 Å². The summed E-state index contributed by atoms with van der Waals surface area (Å²) in [6.07, 6.45) is 2.79. The molecule has 9 nitrogen and oxygen atoms in total. The van der Waals surface area contributed by atoms with E-state index < -0.39 is 8.32 Å². The Morgan fingerprint density at radius 2 is 2.10 bits per heavy atom. The van der Waals surface area contributed by atoms with Crippen molar-refractivity contribution in [3.8, 4) is 17.3 Å². The van der Waals surface area contributed by atoms with Crippen molar-refractivity contribution in [2.24, 2.45) is 5.92 Å². The fourth-order valence-electron chi connectivity index (χ4n) is 5.06. The summed E-state index contributed by atoms with van der Waals surface area (Å²) < 4.78 is 14.2. The Kier molecular flexibility index (Phi) is 7.50. The molecule has 0 spiro atoms. The first kappa shape index (κ1) is 28.3. The third-order valence-electron chi connectivity index (χ3n) is 8.67. The van der Waals surface area contributed by atoms with E-state index in [0.29, 0.717) is 24.0 Å². The van der Waals surface area contributed by atoms with Crippen molar-refractivity contribution >= 4 is 25.8 Å². The number of nitrogens with zero attached hydrogens (tertiary/aromatic N) is 5. The lowest BCUT2D eigenvalue weighted by Gasteiger charge is -2.39. The van der Waals surface area contributed by atoms with Crippen molar-refractivity contribution in [1.82, 2.24) is 19.7 Å². The number of fused-ring (bicyclic) bond motifs is 1. The molecule has 1 fully saturated rings. The molecule has 10 heteroatoms. The average molecular weight is 560 g/mol. The van der Waals surface area contributed by atoms with Gasteiger partial charge in [-0.05, 0) is 55.2 Å². The molecule has 0 bridgehead atoms. The van der Waals surface area contributed by atoms with Gasteiger partial charge in [0.05, 0.1) is 29.2 Å². The Hall–Kier alpha value is -3.26. The molecule has 40 heavy (non-hydrogen) atoms. The second-order valence-electron chi connectivity index (χ2n) is 13.0. The number of anilines is 3. The van der Waals surface area contributed by atoms with Gasteiger partial charge in [0.25, 0.3) is 0 Å². The molecule has 0 saturated carbocycles. The summed E-state index contributed by atoms with van der Waals surface area (Å²) in [7, 11) is -1.94. The highest BCUT2D eigenvalue weighted by atomic mass is 28.4. The van der Waals surface area contributed by atoms with E-state index in [9.17, 15) is 5.26 Å². The molecule has 1 aromatic carbocycles. The Bertz CT molecular complexity index is 1430. The summed E-state index contributed by atoms with van der Waals surface area (Å²) in [4.78, 5) is 9.33. The van der Waals surface area contributed by atoms with Gasteiger partial charge in [-0.1, -0.05) is 27.7 Å². The van der Waals surface area contributed by atoms with Crippen LogP contribution in [-0.4, -0.2) is 54.4 Å². The lowest BCUT2D eigenvalue weighted by Crippen LogP contribution is -2.45. The number of nitriles is 1. The zero-order valence-corrected chi connectivity index (χ0v) is 25.8. The molecule has 5 rings (SSSR count). The normalized spacial score (nSPS) is 20.7. The Morgan fingerprint density at radius 3 is 2.80 bits per heavy atom. The maximum atomic E-state index is 10.0. The Labute approximate surface area is 238 Å². The largest absolute Gasteiger partial charge is 0.416 e. The topological polar surface area (TPSA) is 110 Å². The maximum Gasteiger partial charge on any atom is 0.228 e. The second-order valence-corrected chi connectivity index (χ2v) is 17.8. The van der Waals surface area contributed by atoms with Crippen LogP contribution in [0.2, 0.25) is 18.1 Å². The number of nitrogens with one attached hydrogen (secondary N) is 2. The fourth-order valence-corrected chi connectivity index (χ4v) is 6.17. The van der Waals surface area contributed by atoms with Crippen molar-refractivity contribution in [3.05, 3.63) is 47.3 Å². The average Bonchev–Trinajstić information content (AvgIpc) is 3.62. The van der Waals surface area contributed by atoms with Gasteiger partial charge < -0.3 is 19.8 Å². The molecular formula is C30H41N7O2Si. The lowest BCUT2D eigenvalue weighted by atomic mass is 9.83. The summed E-state index contributed by atoms with van der Waals surface area (Å²) in [6, 6.07) is 10.4. The molecule has 212 valence electrons. The van der Waals surface area contributed by atoms with Crippen LogP contribution in [0.15, 0.2) is 30.5 Å². The minimum absolute atomic E-state index is 0.126. The molecule has 2 aliphatic rings. The minimum atomic E-state index is -1.94. The molecule has 0 aliphatic carbocycles. The summed E-state index contributed by atoms with van der Waals surface area (Å²) in [5.74, 6) is 1.79. The molecule has 0 amide bonds. The zero-order chi connectivity index (χ0) is 28.7. The van der Waals surface area contributed by atoms with Gasteiger partial charge in [0.15, 0.2) is 8.32 Å². The number of hydrogen-bond donors (Lipinski definition) is 2. The maximum absolute atomic E-state index is 10.0. The van der Waals surface area contributed by atoms with Crippen molar-refractivity contribution < 1.29 is 9.16 Å². The summed E-state index contributed by atoms with van der Waals surface area (Å²) >= 11 is 0. The predicted octanol–water partition coefficient (Wildman–Crippen LogP) is 6.01. The first-order chi connectivity index (χ1) is 18.9. The Morgan fingerprint density at radius 1 is 1.30 bits per heavy atom. The van der Waals surface area contributed by atoms with Gasteiger partial charge >= 0.3 is 0 Å². The van der Waals surface area contributed by atoms with Crippen LogP contribution in [0.25, 0.3) is 11.3 Å². The molecule has 2 aliphatic heterocycles. The number of benzene rings is 1. The van der Waals surface area contributed by atoms with Gasteiger partial charge in [-0.2, -0.15) is 10.4 Å². The number of hydrogen-bond acceptors (Lipinski definition) is 8. The van der Waals surface area contributed by atoms with E-state index in [1.54, 1.807) is 6.20 Å². The van der Waals surface area contributed by atoms with E-state index >= 15 is 0 Å². The molecule has 2 atom stereocenters. The third-order valence-corrected chi connectivity index (χ3v) is 13.1. The van der Waals surface area contributed by atoms with Gasteiger partial charge in [0.1, 0.15) is 11.9 Å². The SMILES string of the molecule is Cc1cc(Nc2nccc(-c3cc(C#N)c4c(c3)[C@@](C)(CO[Si](C)(C)C(C)(C)C)CN4)n2)n(CC2CCOC2)n1. The van der Waals surface area contributed by atoms with Gasteiger partial charge in [-0.15, -0.1) is 0 Å². The van der Waals surface area contributed by atoms with Gasteiger partial charge in [-0.25, -0.2) is 14.6 Å². The number of ether oxygens (including phenoxy) is 1. The van der Waals surface area contributed by atoms with Crippen LogP contribution in [0, 0.1) is 24.2 Å². The second kappa shape index (κ2) is 10.6.